The molecule has 0 aliphatic heterocycles. The number of halogens is 3. The Kier molecular flexibility index (Phi) is 4.18. The summed E-state index contributed by atoms with van der Waals surface area (Å²) in [6, 6.07) is 11.1. The van der Waals surface area contributed by atoms with Gasteiger partial charge in [-0.05, 0) is 62.8 Å². The van der Waals surface area contributed by atoms with Gasteiger partial charge in [-0.25, -0.2) is 13.2 Å². The fraction of sp³-hybridized carbons (Fsp3) is 0.333. The van der Waals surface area contributed by atoms with Crippen LogP contribution in [0.5, 0.6) is 0 Å². The lowest BCUT2D eigenvalue weighted by Crippen LogP contribution is -2.42. The van der Waals surface area contributed by atoms with Crippen LogP contribution in [0.2, 0.25) is 0 Å². The quantitative estimate of drug-likeness (QED) is 0.520. The van der Waals surface area contributed by atoms with Gasteiger partial charge in [0.1, 0.15) is 5.83 Å². The number of hydrogen-bond acceptors (Lipinski definition) is 0. The summed E-state index contributed by atoms with van der Waals surface area (Å²) in [7, 11) is 0. The van der Waals surface area contributed by atoms with Crippen molar-refractivity contribution < 1.29 is 13.2 Å². The van der Waals surface area contributed by atoms with Crippen molar-refractivity contribution in [3.05, 3.63) is 82.2 Å². The third-order valence-electron chi connectivity index (χ3n) is 6.18. The highest BCUT2D eigenvalue weighted by atomic mass is 19.2. The summed E-state index contributed by atoms with van der Waals surface area (Å²) < 4.78 is 43.0. The molecule has 27 heavy (non-hydrogen) atoms. The molecule has 0 heterocycles. The van der Waals surface area contributed by atoms with Crippen molar-refractivity contribution in [1.29, 1.82) is 0 Å². The van der Waals surface area contributed by atoms with Crippen LogP contribution in [0.1, 0.15) is 47.9 Å². The summed E-state index contributed by atoms with van der Waals surface area (Å²) in [5.41, 5.74) is 1.29. The molecular weight excluding hydrogens is 345 g/mol. The molecule has 2 aromatic rings. The fourth-order valence-corrected chi connectivity index (χ4v) is 4.28. The van der Waals surface area contributed by atoms with E-state index in [1.807, 2.05) is 31.2 Å². The predicted molar refractivity (Wildman–Crippen MR) is 101 cm³/mol. The van der Waals surface area contributed by atoms with E-state index in [-0.39, 0.29) is 17.0 Å². The summed E-state index contributed by atoms with van der Waals surface area (Å²) >= 11 is 0. The van der Waals surface area contributed by atoms with Gasteiger partial charge in [0.15, 0.2) is 11.6 Å². The number of benzene rings is 2. The number of hydrogen-bond donors (Lipinski definition) is 0. The fourth-order valence-electron chi connectivity index (χ4n) is 4.28. The molecule has 3 aliphatic carbocycles. The Bertz CT molecular complexity index is 979. The number of allylic oxidation sites excluding steroid dienone is 2. The maximum atomic E-state index is 15.1. The Morgan fingerprint density at radius 1 is 0.815 bits per heavy atom. The molecule has 2 aromatic carbocycles. The molecule has 138 valence electrons. The first-order valence-corrected chi connectivity index (χ1v) is 9.29. The zero-order valence-corrected chi connectivity index (χ0v) is 15.5. The van der Waals surface area contributed by atoms with Gasteiger partial charge in [-0.15, -0.1) is 0 Å². The van der Waals surface area contributed by atoms with Gasteiger partial charge in [0, 0.05) is 5.41 Å². The van der Waals surface area contributed by atoms with Gasteiger partial charge >= 0.3 is 0 Å². The van der Waals surface area contributed by atoms with Crippen LogP contribution >= 0.6 is 0 Å². The molecule has 0 nitrogen and oxygen atoms in total. The van der Waals surface area contributed by atoms with Gasteiger partial charge in [0.05, 0.1) is 11.0 Å². The van der Waals surface area contributed by atoms with Crippen LogP contribution in [-0.4, -0.2) is 0 Å². The van der Waals surface area contributed by atoms with Crippen LogP contribution < -0.4 is 0 Å². The van der Waals surface area contributed by atoms with E-state index in [1.165, 1.54) is 19.1 Å². The van der Waals surface area contributed by atoms with Crippen molar-refractivity contribution in [3.8, 4) is 11.8 Å². The number of rotatable bonds is 1. The lowest BCUT2D eigenvalue weighted by molar-refractivity contribution is 0.181. The van der Waals surface area contributed by atoms with E-state index >= 15 is 4.39 Å². The molecule has 0 atom stereocenters. The average molecular weight is 366 g/mol. The Labute approximate surface area is 158 Å². The van der Waals surface area contributed by atoms with Crippen molar-refractivity contribution in [2.45, 2.75) is 44.9 Å². The van der Waals surface area contributed by atoms with Crippen LogP contribution in [0.4, 0.5) is 13.2 Å². The van der Waals surface area contributed by atoms with Gasteiger partial charge in [-0.1, -0.05) is 47.7 Å². The van der Waals surface area contributed by atoms with Gasteiger partial charge in [-0.3, -0.25) is 0 Å². The molecule has 0 saturated heterocycles. The van der Waals surface area contributed by atoms with Crippen molar-refractivity contribution in [2.75, 3.05) is 0 Å². The highest BCUT2D eigenvalue weighted by Crippen LogP contribution is 2.57. The second-order valence-corrected chi connectivity index (χ2v) is 7.90. The zero-order valence-electron chi connectivity index (χ0n) is 15.5. The van der Waals surface area contributed by atoms with Crippen LogP contribution in [0.25, 0.3) is 0 Å². The summed E-state index contributed by atoms with van der Waals surface area (Å²) in [6.07, 6.45) is 4.42. The second kappa shape index (κ2) is 6.30. The molecule has 0 aromatic heterocycles. The molecule has 1 saturated carbocycles. The molecule has 2 bridgehead atoms. The lowest BCUT2D eigenvalue weighted by atomic mass is 9.55. The Morgan fingerprint density at radius 3 is 2.11 bits per heavy atom. The normalized spacial score (nSPS) is 26.3. The lowest BCUT2D eigenvalue weighted by Gasteiger charge is -2.48. The van der Waals surface area contributed by atoms with Crippen LogP contribution in [0.3, 0.4) is 0 Å². The standard InChI is InChI=1S/C24H21F3/c1-16-3-7-19(8-4-16)24-13-11-23(12-14-24,15-20(24)25)10-9-18-6-5-17(2)21(26)22(18)27/h3-8,15H,11-14H2,1-2H3. The SMILES string of the molecule is Cc1ccc(C23CCC(C#Cc4ccc(C)c(F)c4F)(C=C2F)CC3)cc1. The minimum absolute atomic E-state index is 0.0298. The molecule has 0 spiro atoms. The first-order chi connectivity index (χ1) is 12.9. The van der Waals surface area contributed by atoms with Gasteiger partial charge in [-0.2, -0.15) is 0 Å². The second-order valence-electron chi connectivity index (χ2n) is 7.90. The zero-order chi connectivity index (χ0) is 19.2. The molecule has 1 fully saturated rings. The Hall–Kier alpha value is -2.47. The number of aryl methyl sites for hydroxylation is 2. The molecule has 0 amide bonds. The average Bonchev–Trinajstić information content (AvgIpc) is 2.67. The highest BCUT2D eigenvalue weighted by Gasteiger charge is 2.50. The van der Waals surface area contributed by atoms with Gasteiger partial charge in [0.25, 0.3) is 0 Å². The molecule has 0 radical (unpaired) electrons. The minimum Gasteiger partial charge on any atom is -0.211 e. The Morgan fingerprint density at radius 2 is 1.48 bits per heavy atom. The first kappa shape index (κ1) is 17.9. The maximum Gasteiger partial charge on any atom is 0.174 e. The van der Waals surface area contributed by atoms with E-state index in [0.29, 0.717) is 12.8 Å². The van der Waals surface area contributed by atoms with Gasteiger partial charge < -0.3 is 0 Å². The topological polar surface area (TPSA) is 0 Å². The molecular formula is C24H21F3. The van der Waals surface area contributed by atoms with E-state index in [2.05, 4.69) is 11.8 Å². The van der Waals surface area contributed by atoms with Crippen LogP contribution in [-0.2, 0) is 5.41 Å². The molecule has 0 N–H and O–H groups in total. The smallest absolute Gasteiger partial charge is 0.174 e. The maximum absolute atomic E-state index is 15.1. The molecule has 3 heteroatoms. The monoisotopic (exact) mass is 366 g/mol. The third kappa shape index (κ3) is 2.88. The minimum atomic E-state index is -0.927. The van der Waals surface area contributed by atoms with E-state index in [9.17, 15) is 8.78 Å². The molecule has 0 unspecified atom stereocenters. The summed E-state index contributed by atoms with van der Waals surface area (Å²) in [5.74, 6) is 3.89. The van der Waals surface area contributed by atoms with Crippen molar-refractivity contribution >= 4 is 0 Å². The van der Waals surface area contributed by atoms with Crippen molar-refractivity contribution in [2.24, 2.45) is 5.41 Å². The van der Waals surface area contributed by atoms with E-state index < -0.39 is 22.5 Å². The first-order valence-electron chi connectivity index (χ1n) is 9.29. The predicted octanol–water partition coefficient (Wildman–Crippen LogP) is 6.30. The van der Waals surface area contributed by atoms with Gasteiger partial charge in [0.2, 0.25) is 0 Å². The van der Waals surface area contributed by atoms with E-state index in [4.69, 9.17) is 0 Å². The molecule has 3 aliphatic rings. The van der Waals surface area contributed by atoms with Crippen LogP contribution in [0, 0.1) is 42.7 Å². The van der Waals surface area contributed by atoms with Crippen molar-refractivity contribution in [3.63, 3.8) is 0 Å². The van der Waals surface area contributed by atoms with Crippen molar-refractivity contribution in [1.82, 2.24) is 0 Å². The largest absolute Gasteiger partial charge is 0.211 e. The van der Waals surface area contributed by atoms with E-state index in [1.54, 1.807) is 6.08 Å². The van der Waals surface area contributed by atoms with E-state index in [0.717, 1.165) is 24.0 Å². The third-order valence-corrected chi connectivity index (χ3v) is 6.18. The van der Waals surface area contributed by atoms with Crippen LogP contribution in [0.15, 0.2) is 48.3 Å². The molecule has 5 rings (SSSR count). The summed E-state index contributed by atoms with van der Waals surface area (Å²) in [6.45, 7) is 3.53. The Balaban J connectivity index is 1.69. The number of fused-ring (bicyclic) bond motifs is 2. The summed E-state index contributed by atoms with van der Waals surface area (Å²) in [4.78, 5) is 0. The summed E-state index contributed by atoms with van der Waals surface area (Å²) in [5, 5.41) is 0. The highest BCUT2D eigenvalue weighted by molar-refractivity contribution is 5.46.